The molecule has 3 N–H and O–H groups in total. The molecule has 4 bridgehead atoms. The van der Waals surface area contributed by atoms with E-state index in [9.17, 15) is 14.4 Å². The molecule has 2 atom stereocenters. The highest BCUT2D eigenvalue weighted by Gasteiger charge is 2.60. The maximum absolute atomic E-state index is 13.0. The summed E-state index contributed by atoms with van der Waals surface area (Å²) >= 11 is 1.34. The fraction of sp³-hybridized carbons (Fsp3) is 0.667. The summed E-state index contributed by atoms with van der Waals surface area (Å²) in [6.07, 6.45) is 7.14. The van der Waals surface area contributed by atoms with E-state index in [2.05, 4.69) is 20.9 Å². The van der Waals surface area contributed by atoms with E-state index < -0.39 is 5.41 Å². The average molecular weight is 376 g/mol. The summed E-state index contributed by atoms with van der Waals surface area (Å²) in [6.45, 7) is 1.50. The minimum absolute atomic E-state index is 0.0228. The fourth-order valence-corrected chi connectivity index (χ4v) is 6.39. The summed E-state index contributed by atoms with van der Waals surface area (Å²) < 4.78 is 0. The van der Waals surface area contributed by atoms with Crippen LogP contribution in [0.25, 0.3) is 0 Å². The third kappa shape index (κ3) is 3.22. The van der Waals surface area contributed by atoms with Crippen molar-refractivity contribution in [3.8, 4) is 0 Å². The summed E-state index contributed by atoms with van der Waals surface area (Å²) in [6, 6.07) is 0. The van der Waals surface area contributed by atoms with E-state index in [0.717, 1.165) is 32.1 Å². The topological polar surface area (TPSA) is 100 Å². The Balaban J connectivity index is 1.42. The molecule has 0 aromatic carbocycles. The minimum Gasteiger partial charge on any atom is -0.351 e. The maximum atomic E-state index is 13.0. The standard InChI is InChI=1S/C18H24N4O3S/c1-11(23)22-18-7-12-4-13(8-18)6-17(5-12,10-18)15(25)20-9-14(24)21-16-19-2-3-26-16/h2-3,12-13H,4-10H2,1H3,(H,20,25)(H,22,23)(H,19,21,24). The molecule has 140 valence electrons. The van der Waals surface area contributed by atoms with Crippen molar-refractivity contribution in [2.45, 2.75) is 51.0 Å². The Morgan fingerprint density at radius 3 is 2.58 bits per heavy atom. The normalized spacial score (nSPS) is 34.3. The molecule has 1 aromatic rings. The molecule has 0 aliphatic heterocycles. The first-order chi connectivity index (χ1) is 12.4. The molecule has 4 aliphatic carbocycles. The predicted octanol–water partition coefficient (Wildman–Crippen LogP) is 1.67. The van der Waals surface area contributed by atoms with Crippen molar-refractivity contribution in [3.63, 3.8) is 0 Å². The van der Waals surface area contributed by atoms with Crippen LogP contribution in [0.4, 0.5) is 5.13 Å². The van der Waals surface area contributed by atoms with E-state index in [-0.39, 0.29) is 29.8 Å². The van der Waals surface area contributed by atoms with Gasteiger partial charge in [-0.3, -0.25) is 14.4 Å². The van der Waals surface area contributed by atoms with E-state index in [4.69, 9.17) is 0 Å². The Labute approximate surface area is 156 Å². The van der Waals surface area contributed by atoms with Gasteiger partial charge in [0.05, 0.1) is 12.0 Å². The lowest BCUT2D eigenvalue weighted by atomic mass is 9.46. The average Bonchev–Trinajstić information content (AvgIpc) is 3.02. The quantitative estimate of drug-likeness (QED) is 0.728. The van der Waals surface area contributed by atoms with Gasteiger partial charge in [-0.2, -0.15) is 0 Å². The van der Waals surface area contributed by atoms with Crippen molar-refractivity contribution in [2.24, 2.45) is 17.3 Å². The number of hydrogen-bond donors (Lipinski definition) is 3. The number of carbonyl (C=O) groups excluding carboxylic acids is 3. The number of nitrogens with one attached hydrogen (secondary N) is 3. The Morgan fingerprint density at radius 2 is 1.96 bits per heavy atom. The molecule has 3 amide bonds. The monoisotopic (exact) mass is 376 g/mol. The van der Waals surface area contributed by atoms with Crippen molar-refractivity contribution in [1.29, 1.82) is 0 Å². The number of carbonyl (C=O) groups is 3. The first-order valence-electron chi connectivity index (χ1n) is 9.15. The zero-order chi connectivity index (χ0) is 18.4. The third-order valence-electron chi connectivity index (χ3n) is 6.07. The molecule has 0 spiro atoms. The van der Waals surface area contributed by atoms with Crippen LogP contribution in [0.1, 0.15) is 45.4 Å². The zero-order valence-electron chi connectivity index (χ0n) is 14.8. The Morgan fingerprint density at radius 1 is 1.23 bits per heavy atom. The van der Waals surface area contributed by atoms with Crippen LogP contribution in [0.2, 0.25) is 0 Å². The highest BCUT2D eigenvalue weighted by Crippen LogP contribution is 2.61. The molecule has 4 fully saturated rings. The van der Waals surface area contributed by atoms with Gasteiger partial charge in [0, 0.05) is 24.0 Å². The van der Waals surface area contributed by atoms with Gasteiger partial charge in [-0.15, -0.1) is 11.3 Å². The van der Waals surface area contributed by atoms with Gasteiger partial charge in [0.2, 0.25) is 17.7 Å². The second kappa shape index (κ2) is 6.33. The number of hydrogen-bond acceptors (Lipinski definition) is 5. The second-order valence-electron chi connectivity index (χ2n) is 8.27. The van der Waals surface area contributed by atoms with Crippen molar-refractivity contribution >= 4 is 34.2 Å². The third-order valence-corrected chi connectivity index (χ3v) is 6.76. The smallest absolute Gasteiger partial charge is 0.245 e. The highest BCUT2D eigenvalue weighted by atomic mass is 32.1. The summed E-state index contributed by atoms with van der Waals surface area (Å²) in [7, 11) is 0. The van der Waals surface area contributed by atoms with Crippen molar-refractivity contribution in [2.75, 3.05) is 11.9 Å². The van der Waals surface area contributed by atoms with Gasteiger partial charge in [-0.05, 0) is 50.4 Å². The predicted molar refractivity (Wildman–Crippen MR) is 97.4 cm³/mol. The van der Waals surface area contributed by atoms with Gasteiger partial charge in [0.15, 0.2) is 5.13 Å². The summed E-state index contributed by atoms with van der Waals surface area (Å²) in [5.41, 5.74) is -0.690. The van der Waals surface area contributed by atoms with Crippen LogP contribution in [0, 0.1) is 17.3 Å². The lowest BCUT2D eigenvalue weighted by molar-refractivity contribution is -0.153. The first-order valence-corrected chi connectivity index (χ1v) is 10.0. The molecule has 7 nitrogen and oxygen atoms in total. The fourth-order valence-electron chi connectivity index (χ4n) is 5.84. The van der Waals surface area contributed by atoms with Gasteiger partial charge >= 0.3 is 0 Å². The van der Waals surface area contributed by atoms with E-state index in [0.29, 0.717) is 23.4 Å². The summed E-state index contributed by atoms with van der Waals surface area (Å²) in [5, 5.41) is 11.0. The summed E-state index contributed by atoms with van der Waals surface area (Å²) in [5.74, 6) is 0.631. The second-order valence-corrected chi connectivity index (χ2v) is 9.17. The molecular formula is C18H24N4O3S. The molecular weight excluding hydrogens is 352 g/mol. The van der Waals surface area contributed by atoms with Crippen molar-refractivity contribution in [1.82, 2.24) is 15.6 Å². The van der Waals surface area contributed by atoms with Gasteiger partial charge in [-0.1, -0.05) is 0 Å². The Hall–Kier alpha value is -1.96. The number of anilines is 1. The highest BCUT2D eigenvalue weighted by molar-refractivity contribution is 7.13. The molecule has 8 heteroatoms. The number of amides is 3. The van der Waals surface area contributed by atoms with Crippen LogP contribution < -0.4 is 16.0 Å². The van der Waals surface area contributed by atoms with Crippen LogP contribution in [-0.4, -0.2) is 34.8 Å². The van der Waals surface area contributed by atoms with Crippen LogP contribution in [-0.2, 0) is 14.4 Å². The molecule has 0 saturated heterocycles. The molecule has 26 heavy (non-hydrogen) atoms. The largest absolute Gasteiger partial charge is 0.351 e. The molecule has 1 aromatic heterocycles. The van der Waals surface area contributed by atoms with Gasteiger partial charge in [0.25, 0.3) is 0 Å². The number of nitrogens with zero attached hydrogens (tertiary/aromatic N) is 1. The van der Waals surface area contributed by atoms with E-state index in [1.54, 1.807) is 18.5 Å². The van der Waals surface area contributed by atoms with Gasteiger partial charge in [-0.25, -0.2) is 4.98 Å². The van der Waals surface area contributed by atoms with Crippen LogP contribution in [0.15, 0.2) is 11.6 Å². The van der Waals surface area contributed by atoms with E-state index in [1.165, 1.54) is 11.3 Å². The molecule has 4 saturated carbocycles. The molecule has 4 aliphatic rings. The van der Waals surface area contributed by atoms with Crippen molar-refractivity contribution in [3.05, 3.63) is 11.6 Å². The SMILES string of the molecule is CC(=O)NC12CC3CC(C1)CC(C(=O)NCC(=O)Nc1nccs1)(C3)C2. The molecule has 1 heterocycles. The van der Waals surface area contributed by atoms with Crippen molar-refractivity contribution < 1.29 is 14.4 Å². The Bertz CT molecular complexity index is 719. The van der Waals surface area contributed by atoms with Gasteiger partial charge in [0.1, 0.15) is 0 Å². The number of thiazole rings is 1. The van der Waals surface area contributed by atoms with E-state index >= 15 is 0 Å². The van der Waals surface area contributed by atoms with Crippen LogP contribution >= 0.6 is 11.3 Å². The van der Waals surface area contributed by atoms with E-state index in [1.807, 2.05) is 0 Å². The molecule has 2 unspecified atom stereocenters. The minimum atomic E-state index is -0.450. The van der Waals surface area contributed by atoms with Gasteiger partial charge < -0.3 is 16.0 Å². The zero-order valence-corrected chi connectivity index (χ0v) is 15.7. The number of aromatic nitrogens is 1. The Kier molecular flexibility index (Phi) is 4.25. The lowest BCUT2D eigenvalue weighted by Gasteiger charge is -2.61. The van der Waals surface area contributed by atoms with Crippen LogP contribution in [0.5, 0.6) is 0 Å². The summed E-state index contributed by atoms with van der Waals surface area (Å²) in [4.78, 5) is 40.8. The lowest BCUT2D eigenvalue weighted by Crippen LogP contribution is -2.66. The molecule has 0 radical (unpaired) electrons. The van der Waals surface area contributed by atoms with Crippen LogP contribution in [0.3, 0.4) is 0 Å². The first kappa shape index (κ1) is 17.5. The molecule has 5 rings (SSSR count). The maximum Gasteiger partial charge on any atom is 0.245 e. The number of rotatable bonds is 5.